The predicted molar refractivity (Wildman–Crippen MR) is 151 cm³/mol. The van der Waals surface area contributed by atoms with E-state index in [-0.39, 0.29) is 48.4 Å². The number of Topliss-reactive ketones (excluding diaryl/α,β-unsaturated/α-hetero) is 1. The lowest BCUT2D eigenvalue weighted by Crippen LogP contribution is -2.31. The van der Waals surface area contributed by atoms with Crippen LogP contribution in [0.4, 0.5) is 10.1 Å². The number of carboxylic acids is 1. The van der Waals surface area contributed by atoms with Crippen molar-refractivity contribution in [3.8, 4) is 17.2 Å². The fourth-order valence-electron chi connectivity index (χ4n) is 5.24. The van der Waals surface area contributed by atoms with E-state index in [1.54, 1.807) is 32.0 Å². The van der Waals surface area contributed by atoms with Crippen LogP contribution in [0.3, 0.4) is 0 Å². The van der Waals surface area contributed by atoms with Gasteiger partial charge >= 0.3 is 5.97 Å². The predicted octanol–water partition coefficient (Wildman–Crippen LogP) is 3.98. The van der Waals surface area contributed by atoms with Crippen LogP contribution in [0.25, 0.3) is 0 Å². The number of anilines is 1. The van der Waals surface area contributed by atoms with Gasteiger partial charge in [0.05, 0.1) is 37.1 Å². The summed E-state index contributed by atoms with van der Waals surface area (Å²) in [5.41, 5.74) is 1.64. The van der Waals surface area contributed by atoms with Gasteiger partial charge in [-0.3, -0.25) is 10.2 Å². The topological polar surface area (TPSA) is 133 Å². The number of benzene rings is 2. The summed E-state index contributed by atoms with van der Waals surface area (Å²) in [7, 11) is 0. The fraction of sp³-hybridized carbons (Fsp3) is 0.500. The quantitative estimate of drug-likeness (QED) is 0.343. The molecule has 1 fully saturated rings. The van der Waals surface area contributed by atoms with Crippen molar-refractivity contribution in [3.63, 3.8) is 0 Å². The molecule has 4 rings (SSSR count). The average molecular weight is 572 g/mol. The molecule has 0 aliphatic carbocycles. The Hall–Kier alpha value is -3.86. The minimum atomic E-state index is -1.13. The highest BCUT2D eigenvalue weighted by atomic mass is 19.1. The number of carboxylic acid groups (broad SMARTS) is 1. The molecule has 10 nitrogen and oxygen atoms in total. The summed E-state index contributed by atoms with van der Waals surface area (Å²) < 4.78 is 32.3. The molecule has 0 saturated carbocycles. The number of nitrogens with one attached hydrogen (secondary N) is 1. The third kappa shape index (κ3) is 6.24. The van der Waals surface area contributed by atoms with Crippen molar-refractivity contribution in [2.45, 2.75) is 59.1 Å². The van der Waals surface area contributed by atoms with E-state index in [0.29, 0.717) is 54.2 Å². The molecule has 222 valence electrons. The number of carbonyl (C=O) groups excluding carboxylic acids is 1. The number of halogens is 1. The van der Waals surface area contributed by atoms with Crippen molar-refractivity contribution in [3.05, 3.63) is 46.3 Å². The molecule has 1 atom stereocenters. The number of carbonyl (C=O) groups is 2. The summed E-state index contributed by atoms with van der Waals surface area (Å²) in [5, 5.41) is 28.2. The van der Waals surface area contributed by atoms with Crippen LogP contribution in [-0.4, -0.2) is 78.3 Å². The maximum Gasteiger partial charge on any atom is 0.341 e. The molecule has 2 aromatic carbocycles. The summed E-state index contributed by atoms with van der Waals surface area (Å²) in [6.07, 6.45) is -0.0229. The van der Waals surface area contributed by atoms with E-state index < -0.39 is 29.9 Å². The molecule has 2 heterocycles. The van der Waals surface area contributed by atoms with Gasteiger partial charge in [0.1, 0.15) is 11.6 Å². The second-order valence-corrected chi connectivity index (χ2v) is 11.2. The van der Waals surface area contributed by atoms with E-state index in [1.807, 2.05) is 25.7 Å². The molecule has 2 aromatic rings. The summed E-state index contributed by atoms with van der Waals surface area (Å²) in [4.78, 5) is 28.5. The summed E-state index contributed by atoms with van der Waals surface area (Å²) in [6.45, 7) is 10.1. The van der Waals surface area contributed by atoms with Crippen LogP contribution in [0.1, 0.15) is 68.1 Å². The minimum absolute atomic E-state index is 0.0461. The van der Waals surface area contributed by atoms with Gasteiger partial charge in [-0.1, -0.05) is 20.8 Å². The highest BCUT2D eigenvalue weighted by Gasteiger charge is 2.34. The van der Waals surface area contributed by atoms with Gasteiger partial charge < -0.3 is 34.2 Å². The lowest BCUT2D eigenvalue weighted by molar-refractivity contribution is -0.139. The molecule has 0 radical (unpaired) electrons. The van der Waals surface area contributed by atoms with Crippen LogP contribution >= 0.6 is 0 Å². The number of aliphatic hydroxyl groups is 1. The van der Waals surface area contributed by atoms with E-state index in [4.69, 9.17) is 19.6 Å². The van der Waals surface area contributed by atoms with Gasteiger partial charge in [-0.2, -0.15) is 0 Å². The van der Waals surface area contributed by atoms with Crippen LogP contribution < -0.4 is 19.1 Å². The summed E-state index contributed by atoms with van der Waals surface area (Å²) in [5.74, 6) is -1.65. The monoisotopic (exact) mass is 571 g/mol. The molecule has 1 saturated heterocycles. The van der Waals surface area contributed by atoms with E-state index in [2.05, 4.69) is 0 Å². The van der Waals surface area contributed by atoms with Crippen LogP contribution in [-0.2, 0) is 16.8 Å². The highest BCUT2D eigenvalue weighted by Crippen LogP contribution is 2.42. The first-order valence-electron chi connectivity index (χ1n) is 13.8. The van der Waals surface area contributed by atoms with Crippen molar-refractivity contribution in [2.24, 2.45) is 0 Å². The highest BCUT2D eigenvalue weighted by molar-refractivity contribution is 6.06. The number of aliphatic hydroxyl groups excluding tert-OH is 1. The zero-order valence-electron chi connectivity index (χ0n) is 24.2. The Kier molecular flexibility index (Phi) is 8.77. The smallest absolute Gasteiger partial charge is 0.341 e. The molecule has 3 N–H and O–H groups in total. The van der Waals surface area contributed by atoms with Gasteiger partial charge in [0, 0.05) is 30.8 Å². The molecular weight excluding hydrogens is 533 g/mol. The standard InChI is InChI=1S/C30H38FN3O7/c1-6-39-23-12-18-13-34(29(32)25(18)26(31)28(23)40-7-2)15-22(36)17-10-20(30(3,4)5)27(41-16-24(37)38)21(11-17)33-9-8-19(35)14-33/h10-12,19,32,35H,6-9,13-16H2,1-5H3,(H,37,38). The molecular formula is C30H38FN3O7. The summed E-state index contributed by atoms with van der Waals surface area (Å²) >= 11 is 0. The number of nitrogens with zero attached hydrogens (tertiary/aromatic N) is 2. The van der Waals surface area contributed by atoms with Gasteiger partial charge in [-0.15, -0.1) is 0 Å². The van der Waals surface area contributed by atoms with E-state index >= 15 is 4.39 Å². The Balaban J connectivity index is 1.69. The maximum absolute atomic E-state index is 15.5. The van der Waals surface area contributed by atoms with Gasteiger partial charge in [-0.05, 0) is 49.4 Å². The number of ketones is 1. The largest absolute Gasteiger partial charge is 0.490 e. The molecule has 0 amide bonds. The maximum atomic E-state index is 15.5. The molecule has 0 spiro atoms. The fourth-order valence-corrected chi connectivity index (χ4v) is 5.24. The van der Waals surface area contributed by atoms with Gasteiger partial charge in [0.25, 0.3) is 0 Å². The van der Waals surface area contributed by atoms with Gasteiger partial charge in [-0.25, -0.2) is 9.18 Å². The molecule has 0 bridgehead atoms. The summed E-state index contributed by atoms with van der Waals surface area (Å²) in [6, 6.07) is 5.01. The number of aliphatic carboxylic acids is 1. The molecule has 0 aromatic heterocycles. The SMILES string of the molecule is CCOc1cc2c(c(F)c1OCC)C(=N)N(CC(=O)c1cc(N3CCC(O)C3)c(OCC(=O)O)c(C(C)(C)C)c1)C2. The Morgan fingerprint density at radius 3 is 2.39 bits per heavy atom. The van der Waals surface area contributed by atoms with Crippen LogP contribution in [0.15, 0.2) is 18.2 Å². The van der Waals surface area contributed by atoms with Gasteiger partial charge in [0.15, 0.2) is 29.7 Å². The molecule has 1 unspecified atom stereocenters. The Morgan fingerprint density at radius 1 is 1.10 bits per heavy atom. The van der Waals surface area contributed by atoms with Crippen molar-refractivity contribution >= 4 is 23.3 Å². The Morgan fingerprint density at radius 2 is 1.80 bits per heavy atom. The molecule has 11 heteroatoms. The van der Waals surface area contributed by atoms with Crippen molar-refractivity contribution in [1.82, 2.24) is 4.90 Å². The molecule has 2 aliphatic rings. The van der Waals surface area contributed by atoms with E-state index in [0.717, 1.165) is 0 Å². The van der Waals surface area contributed by atoms with E-state index in [9.17, 15) is 19.8 Å². The van der Waals surface area contributed by atoms with Crippen molar-refractivity contribution in [1.29, 1.82) is 5.41 Å². The number of hydrogen-bond donors (Lipinski definition) is 3. The second-order valence-electron chi connectivity index (χ2n) is 11.2. The first-order valence-corrected chi connectivity index (χ1v) is 13.8. The zero-order valence-corrected chi connectivity index (χ0v) is 24.2. The van der Waals surface area contributed by atoms with Crippen LogP contribution in [0.5, 0.6) is 17.2 Å². The number of rotatable bonds is 11. The lowest BCUT2D eigenvalue weighted by Gasteiger charge is -2.29. The third-order valence-electron chi connectivity index (χ3n) is 7.15. The van der Waals surface area contributed by atoms with Crippen LogP contribution in [0.2, 0.25) is 0 Å². The number of ether oxygens (including phenoxy) is 3. The normalized spacial score (nSPS) is 16.7. The first kappa shape index (κ1) is 30.1. The van der Waals surface area contributed by atoms with Crippen molar-refractivity contribution < 1.29 is 38.4 Å². The van der Waals surface area contributed by atoms with Crippen molar-refractivity contribution in [2.75, 3.05) is 44.4 Å². The molecule has 2 aliphatic heterocycles. The van der Waals surface area contributed by atoms with E-state index in [1.165, 1.54) is 4.90 Å². The first-order chi connectivity index (χ1) is 19.3. The molecule has 41 heavy (non-hydrogen) atoms. The zero-order chi connectivity index (χ0) is 30.1. The minimum Gasteiger partial charge on any atom is -0.490 e. The van der Waals surface area contributed by atoms with Crippen LogP contribution in [0, 0.1) is 11.2 Å². The lowest BCUT2D eigenvalue weighted by atomic mass is 9.84. The number of fused-ring (bicyclic) bond motifs is 1. The average Bonchev–Trinajstić information content (AvgIpc) is 3.46. The Bertz CT molecular complexity index is 1350. The Labute approximate surface area is 239 Å². The van der Waals surface area contributed by atoms with Gasteiger partial charge in [0.2, 0.25) is 0 Å². The number of hydrogen-bond acceptors (Lipinski definition) is 8. The number of amidine groups is 1. The second kappa shape index (κ2) is 11.9. The number of β-amino-alcohol motifs (C(OH)–C–C–N with tert-alkyl or cyclic N) is 1. The third-order valence-corrected chi connectivity index (χ3v) is 7.15.